The van der Waals surface area contributed by atoms with Gasteiger partial charge >= 0.3 is 6.03 Å². The van der Waals surface area contributed by atoms with E-state index in [9.17, 15) is 9.59 Å². The van der Waals surface area contributed by atoms with Gasteiger partial charge < -0.3 is 10.1 Å². The maximum absolute atomic E-state index is 12.6. The number of amides is 3. The van der Waals surface area contributed by atoms with E-state index in [2.05, 4.69) is 28.2 Å². The maximum Gasteiger partial charge on any atom is 0.329 e. The fourth-order valence-corrected chi connectivity index (χ4v) is 3.27. The van der Waals surface area contributed by atoms with Crippen LogP contribution in [0.5, 0.6) is 5.75 Å². The molecule has 7 heteroatoms. The van der Waals surface area contributed by atoms with Gasteiger partial charge in [-0.1, -0.05) is 36.7 Å². The van der Waals surface area contributed by atoms with E-state index in [1.165, 1.54) is 4.90 Å². The van der Waals surface area contributed by atoms with Crippen molar-refractivity contribution in [2.75, 3.05) is 0 Å². The molecule has 0 aliphatic carbocycles. The van der Waals surface area contributed by atoms with Gasteiger partial charge in [0.2, 0.25) is 0 Å². The summed E-state index contributed by atoms with van der Waals surface area (Å²) in [4.78, 5) is 26.0. The number of benzene rings is 2. The van der Waals surface area contributed by atoms with Crippen molar-refractivity contribution >= 4 is 45.5 Å². The summed E-state index contributed by atoms with van der Waals surface area (Å²) >= 11 is 9.37. The molecule has 1 heterocycles. The van der Waals surface area contributed by atoms with Crippen molar-refractivity contribution in [1.29, 1.82) is 0 Å². The third-order valence-electron chi connectivity index (χ3n) is 4.39. The molecular formula is C21H20BrClN2O3. The van der Waals surface area contributed by atoms with Crippen LogP contribution in [0.15, 0.2) is 52.6 Å². The molecule has 0 aromatic heterocycles. The third-order valence-corrected chi connectivity index (χ3v) is 5.26. The monoisotopic (exact) mass is 462 g/mol. The van der Waals surface area contributed by atoms with Crippen LogP contribution in [0.3, 0.4) is 0 Å². The predicted octanol–water partition coefficient (Wildman–Crippen LogP) is 5.37. The van der Waals surface area contributed by atoms with Crippen molar-refractivity contribution in [3.8, 4) is 5.75 Å². The highest BCUT2D eigenvalue weighted by atomic mass is 79.9. The fourth-order valence-electron chi connectivity index (χ4n) is 2.66. The van der Waals surface area contributed by atoms with E-state index in [1.807, 2.05) is 25.1 Å². The van der Waals surface area contributed by atoms with Crippen molar-refractivity contribution in [1.82, 2.24) is 10.2 Å². The number of rotatable bonds is 6. The van der Waals surface area contributed by atoms with Crippen molar-refractivity contribution in [3.63, 3.8) is 0 Å². The molecule has 3 amide bonds. The van der Waals surface area contributed by atoms with Crippen molar-refractivity contribution in [2.45, 2.75) is 32.9 Å². The van der Waals surface area contributed by atoms with Gasteiger partial charge in [-0.3, -0.25) is 9.69 Å². The molecule has 1 saturated heterocycles. The molecule has 0 bridgehead atoms. The van der Waals surface area contributed by atoms with E-state index in [4.69, 9.17) is 16.3 Å². The summed E-state index contributed by atoms with van der Waals surface area (Å²) in [6.45, 7) is 4.25. The van der Waals surface area contributed by atoms with Gasteiger partial charge in [0, 0.05) is 5.02 Å². The second-order valence-corrected chi connectivity index (χ2v) is 7.82. The Kier molecular flexibility index (Phi) is 6.42. The van der Waals surface area contributed by atoms with Crippen LogP contribution in [-0.4, -0.2) is 22.9 Å². The Bertz CT molecular complexity index is 928. The number of urea groups is 1. The summed E-state index contributed by atoms with van der Waals surface area (Å²) in [5.41, 5.74) is 1.84. The second kappa shape index (κ2) is 8.80. The molecular weight excluding hydrogens is 444 g/mol. The van der Waals surface area contributed by atoms with E-state index in [-0.39, 0.29) is 24.3 Å². The highest BCUT2D eigenvalue weighted by Gasteiger charge is 2.33. The van der Waals surface area contributed by atoms with E-state index in [1.54, 1.807) is 30.3 Å². The van der Waals surface area contributed by atoms with Gasteiger partial charge in [0.1, 0.15) is 11.4 Å². The van der Waals surface area contributed by atoms with Gasteiger partial charge in [-0.15, -0.1) is 0 Å². The lowest BCUT2D eigenvalue weighted by Crippen LogP contribution is -2.30. The number of halogens is 2. The zero-order valence-electron chi connectivity index (χ0n) is 15.5. The van der Waals surface area contributed by atoms with Crippen LogP contribution in [0.25, 0.3) is 6.08 Å². The summed E-state index contributed by atoms with van der Waals surface area (Å²) < 4.78 is 6.62. The van der Waals surface area contributed by atoms with E-state index >= 15 is 0 Å². The number of hydrogen-bond acceptors (Lipinski definition) is 3. The third kappa shape index (κ3) is 4.75. The molecule has 1 N–H and O–H groups in total. The molecule has 1 aliphatic rings. The van der Waals surface area contributed by atoms with E-state index in [0.29, 0.717) is 5.02 Å². The molecule has 1 fully saturated rings. The first-order chi connectivity index (χ1) is 13.4. The molecule has 0 saturated carbocycles. The van der Waals surface area contributed by atoms with Gasteiger partial charge in [-0.2, -0.15) is 0 Å². The van der Waals surface area contributed by atoms with Crippen LogP contribution in [0.2, 0.25) is 5.02 Å². The molecule has 0 unspecified atom stereocenters. The predicted molar refractivity (Wildman–Crippen MR) is 113 cm³/mol. The zero-order chi connectivity index (χ0) is 20.3. The van der Waals surface area contributed by atoms with Crippen LogP contribution in [0, 0.1) is 0 Å². The van der Waals surface area contributed by atoms with Crippen molar-refractivity contribution in [2.24, 2.45) is 0 Å². The largest absolute Gasteiger partial charge is 0.490 e. The Morgan fingerprint density at radius 1 is 1.21 bits per heavy atom. The molecule has 2 aromatic rings. The summed E-state index contributed by atoms with van der Waals surface area (Å²) in [6.07, 6.45) is 2.67. The van der Waals surface area contributed by atoms with Gasteiger partial charge in [-0.05, 0) is 70.7 Å². The number of ether oxygens (including phenoxy) is 1. The second-order valence-electron chi connectivity index (χ2n) is 6.53. The Labute approximate surface area is 177 Å². The van der Waals surface area contributed by atoms with Crippen molar-refractivity contribution < 1.29 is 14.3 Å². The Morgan fingerprint density at radius 3 is 2.57 bits per heavy atom. The molecule has 2 aromatic carbocycles. The van der Waals surface area contributed by atoms with Gasteiger partial charge in [0.05, 0.1) is 17.1 Å². The quantitative estimate of drug-likeness (QED) is 0.463. The van der Waals surface area contributed by atoms with Gasteiger partial charge in [-0.25, -0.2) is 4.79 Å². The molecule has 0 radical (unpaired) electrons. The zero-order valence-corrected chi connectivity index (χ0v) is 17.9. The van der Waals surface area contributed by atoms with Crippen LogP contribution in [-0.2, 0) is 11.3 Å². The first kappa shape index (κ1) is 20.4. The Morgan fingerprint density at radius 2 is 1.93 bits per heavy atom. The van der Waals surface area contributed by atoms with Crippen LogP contribution in [0.4, 0.5) is 4.79 Å². The average molecular weight is 464 g/mol. The van der Waals surface area contributed by atoms with Crippen LogP contribution in [0.1, 0.15) is 31.4 Å². The molecule has 0 spiro atoms. The number of carbonyl (C=O) groups is 2. The van der Waals surface area contributed by atoms with Gasteiger partial charge in [0.25, 0.3) is 5.91 Å². The Hall–Kier alpha value is -2.31. The smallest absolute Gasteiger partial charge is 0.329 e. The minimum absolute atomic E-state index is 0.109. The standard InChI is InChI=1S/C21H20BrClN2O3/c1-3-13(2)28-19-9-6-15(10-17(19)22)11-18-20(26)25(21(27)24-18)12-14-4-7-16(23)8-5-14/h4-11,13H,3,12H2,1-2H3,(H,24,27)/b18-11-/t13-/m0/s1. The molecule has 3 rings (SSSR count). The summed E-state index contributed by atoms with van der Waals surface area (Å²) in [7, 11) is 0. The van der Waals surface area contributed by atoms with Crippen LogP contribution >= 0.6 is 27.5 Å². The molecule has 5 nitrogen and oxygen atoms in total. The normalized spacial score (nSPS) is 16.4. The average Bonchev–Trinajstić information content (AvgIpc) is 2.93. The van der Waals surface area contributed by atoms with Crippen molar-refractivity contribution in [3.05, 3.63) is 68.8 Å². The lowest BCUT2D eigenvalue weighted by Gasteiger charge is -2.14. The summed E-state index contributed by atoms with van der Waals surface area (Å²) in [6, 6.07) is 12.1. The summed E-state index contributed by atoms with van der Waals surface area (Å²) in [5, 5.41) is 3.24. The maximum atomic E-state index is 12.6. The number of nitrogens with zero attached hydrogens (tertiary/aromatic N) is 1. The van der Waals surface area contributed by atoms with Gasteiger partial charge in [0.15, 0.2) is 0 Å². The minimum Gasteiger partial charge on any atom is -0.490 e. The molecule has 1 atom stereocenters. The Balaban J connectivity index is 1.76. The van der Waals surface area contributed by atoms with Crippen LogP contribution < -0.4 is 10.1 Å². The molecule has 146 valence electrons. The lowest BCUT2D eigenvalue weighted by atomic mass is 10.1. The lowest BCUT2D eigenvalue weighted by molar-refractivity contribution is -0.123. The highest BCUT2D eigenvalue weighted by Crippen LogP contribution is 2.28. The SMILES string of the molecule is CC[C@H](C)Oc1ccc(/C=C2\NC(=O)N(Cc3ccc(Cl)cc3)C2=O)cc1Br. The topological polar surface area (TPSA) is 58.6 Å². The highest BCUT2D eigenvalue weighted by molar-refractivity contribution is 9.10. The number of nitrogens with one attached hydrogen (secondary N) is 1. The molecule has 1 aliphatic heterocycles. The van der Waals surface area contributed by atoms with E-state index < -0.39 is 6.03 Å². The number of imide groups is 1. The number of hydrogen-bond donors (Lipinski definition) is 1. The first-order valence-electron chi connectivity index (χ1n) is 8.92. The number of carbonyl (C=O) groups excluding carboxylic acids is 2. The van der Waals surface area contributed by atoms with E-state index in [0.717, 1.165) is 27.8 Å². The minimum atomic E-state index is -0.443. The molecule has 28 heavy (non-hydrogen) atoms. The first-order valence-corrected chi connectivity index (χ1v) is 10.1. The fraction of sp³-hybridized carbons (Fsp3) is 0.238. The summed E-state index contributed by atoms with van der Waals surface area (Å²) in [5.74, 6) is 0.374.